The van der Waals surface area contributed by atoms with Crippen LogP contribution in [0.15, 0.2) is 34.7 Å². The summed E-state index contributed by atoms with van der Waals surface area (Å²) in [7, 11) is 0. The van der Waals surface area contributed by atoms with Gasteiger partial charge in [0.25, 0.3) is 0 Å². The molecule has 1 heterocycles. The van der Waals surface area contributed by atoms with Gasteiger partial charge in [0.15, 0.2) is 0 Å². The monoisotopic (exact) mass is 176 g/mol. The molecule has 3 N–H and O–H groups in total. The Labute approximate surface area is 74.3 Å². The summed E-state index contributed by atoms with van der Waals surface area (Å²) in [6.07, 6.45) is 0. The van der Waals surface area contributed by atoms with Crippen molar-refractivity contribution >= 4 is 22.9 Å². The second-order valence-electron chi connectivity index (χ2n) is 2.64. The minimum atomic E-state index is -0.626. The lowest BCUT2D eigenvalue weighted by molar-refractivity contribution is 0.259. The van der Waals surface area contributed by atoms with E-state index in [9.17, 15) is 4.79 Å². The first-order valence-corrected chi connectivity index (χ1v) is 3.81. The predicted molar refractivity (Wildman–Crippen MR) is 49.4 cm³/mol. The Balaban J connectivity index is 2.44. The third kappa shape index (κ3) is 1.46. The van der Waals surface area contributed by atoms with Crippen molar-refractivity contribution in [2.45, 2.75) is 0 Å². The number of amides is 2. The number of nitrogens with one attached hydrogen (secondary N) is 1. The molecule has 4 heteroatoms. The number of rotatable bonds is 1. The van der Waals surface area contributed by atoms with Gasteiger partial charge >= 0.3 is 6.03 Å². The molecule has 2 amide bonds. The van der Waals surface area contributed by atoms with E-state index in [2.05, 4.69) is 5.32 Å². The summed E-state index contributed by atoms with van der Waals surface area (Å²) in [6, 6.07) is 8.57. The lowest BCUT2D eigenvalue weighted by atomic mass is 10.3. The van der Waals surface area contributed by atoms with Crippen LogP contribution in [0.1, 0.15) is 0 Å². The van der Waals surface area contributed by atoms with E-state index in [4.69, 9.17) is 10.2 Å². The quantitative estimate of drug-likeness (QED) is 0.696. The molecule has 0 spiro atoms. The van der Waals surface area contributed by atoms with Crippen LogP contribution < -0.4 is 11.1 Å². The topological polar surface area (TPSA) is 68.3 Å². The summed E-state index contributed by atoms with van der Waals surface area (Å²) in [6.45, 7) is 0. The second-order valence-corrected chi connectivity index (χ2v) is 2.64. The van der Waals surface area contributed by atoms with E-state index in [1.165, 1.54) is 0 Å². The molecular weight excluding hydrogens is 168 g/mol. The van der Waals surface area contributed by atoms with Crippen LogP contribution in [0, 0.1) is 0 Å². The van der Waals surface area contributed by atoms with Crippen molar-refractivity contribution in [1.82, 2.24) is 0 Å². The number of hydrogen-bond acceptors (Lipinski definition) is 2. The van der Waals surface area contributed by atoms with Crippen LogP contribution in [0.5, 0.6) is 0 Å². The molecule has 0 saturated carbocycles. The lowest BCUT2D eigenvalue weighted by Crippen LogP contribution is -2.18. The fraction of sp³-hybridized carbons (Fsp3) is 0. The third-order valence-electron chi connectivity index (χ3n) is 1.67. The Bertz CT molecular complexity index is 415. The predicted octanol–water partition coefficient (Wildman–Crippen LogP) is 1.92. The minimum Gasteiger partial charge on any atom is -0.440 e. The zero-order valence-electron chi connectivity index (χ0n) is 6.78. The van der Waals surface area contributed by atoms with Crippen LogP contribution in [-0.2, 0) is 0 Å². The highest BCUT2D eigenvalue weighted by Crippen LogP contribution is 2.21. The second kappa shape index (κ2) is 2.82. The number of para-hydroxylation sites is 1. The van der Waals surface area contributed by atoms with Crippen LogP contribution in [0.2, 0.25) is 0 Å². The summed E-state index contributed by atoms with van der Waals surface area (Å²) < 4.78 is 5.27. The molecule has 4 nitrogen and oxygen atoms in total. The number of urea groups is 1. The van der Waals surface area contributed by atoms with Crippen LogP contribution >= 0.6 is 0 Å². The molecule has 1 aromatic carbocycles. The van der Waals surface area contributed by atoms with Crippen molar-refractivity contribution in [1.29, 1.82) is 0 Å². The maximum absolute atomic E-state index is 10.5. The molecule has 0 unspecified atom stereocenters. The number of hydrogen-bond donors (Lipinski definition) is 2. The summed E-state index contributed by atoms with van der Waals surface area (Å²) in [5.74, 6) is 0.369. The molecule has 0 aliphatic carbocycles. The molecule has 0 bridgehead atoms. The van der Waals surface area contributed by atoms with Crippen molar-refractivity contribution in [3.05, 3.63) is 30.3 Å². The van der Waals surface area contributed by atoms with Crippen molar-refractivity contribution in [3.63, 3.8) is 0 Å². The Morgan fingerprint density at radius 3 is 2.85 bits per heavy atom. The van der Waals surface area contributed by atoms with Crippen molar-refractivity contribution < 1.29 is 9.21 Å². The zero-order chi connectivity index (χ0) is 9.26. The minimum absolute atomic E-state index is 0.369. The molecule has 13 heavy (non-hydrogen) atoms. The fourth-order valence-corrected chi connectivity index (χ4v) is 1.16. The van der Waals surface area contributed by atoms with E-state index in [1.807, 2.05) is 24.3 Å². The van der Waals surface area contributed by atoms with Gasteiger partial charge in [0.05, 0.1) is 0 Å². The summed E-state index contributed by atoms with van der Waals surface area (Å²) in [4.78, 5) is 10.5. The highest BCUT2D eigenvalue weighted by molar-refractivity contribution is 5.90. The van der Waals surface area contributed by atoms with E-state index in [0.29, 0.717) is 5.88 Å². The first-order chi connectivity index (χ1) is 6.25. The number of furan rings is 1. The largest absolute Gasteiger partial charge is 0.440 e. The van der Waals surface area contributed by atoms with E-state index >= 15 is 0 Å². The Kier molecular flexibility index (Phi) is 1.66. The number of primary amides is 1. The van der Waals surface area contributed by atoms with Crippen molar-refractivity contribution in [2.75, 3.05) is 5.32 Å². The molecule has 0 atom stereocenters. The van der Waals surface area contributed by atoms with E-state index in [-0.39, 0.29) is 0 Å². The Hall–Kier alpha value is -1.97. The number of carbonyl (C=O) groups excluding carboxylic acids is 1. The van der Waals surface area contributed by atoms with E-state index < -0.39 is 6.03 Å². The van der Waals surface area contributed by atoms with Gasteiger partial charge in [0, 0.05) is 11.5 Å². The highest BCUT2D eigenvalue weighted by Gasteiger charge is 2.03. The van der Waals surface area contributed by atoms with Crippen molar-refractivity contribution in [3.8, 4) is 0 Å². The molecule has 0 aliphatic rings. The standard InChI is InChI=1S/C9H8N2O2/c10-9(12)11-8-5-6-3-1-2-4-7(6)13-8/h1-5H,(H3,10,11,12). The molecule has 1 aromatic heterocycles. The van der Waals surface area contributed by atoms with E-state index in [1.54, 1.807) is 6.07 Å². The van der Waals surface area contributed by atoms with E-state index in [0.717, 1.165) is 11.0 Å². The Morgan fingerprint density at radius 1 is 1.38 bits per heavy atom. The van der Waals surface area contributed by atoms with Gasteiger partial charge in [-0.2, -0.15) is 0 Å². The van der Waals surface area contributed by atoms with Crippen LogP contribution in [0.3, 0.4) is 0 Å². The average molecular weight is 176 g/mol. The third-order valence-corrected chi connectivity index (χ3v) is 1.67. The molecule has 2 rings (SSSR count). The number of benzene rings is 1. The number of carbonyl (C=O) groups is 1. The van der Waals surface area contributed by atoms with Gasteiger partial charge in [-0.05, 0) is 6.07 Å². The molecule has 0 aliphatic heterocycles. The molecule has 0 radical (unpaired) electrons. The summed E-state index contributed by atoms with van der Waals surface area (Å²) in [5.41, 5.74) is 5.66. The lowest BCUT2D eigenvalue weighted by Gasteiger charge is -1.92. The van der Waals surface area contributed by atoms with Crippen LogP contribution in [0.25, 0.3) is 11.0 Å². The van der Waals surface area contributed by atoms with Gasteiger partial charge in [-0.15, -0.1) is 0 Å². The normalized spacial score (nSPS) is 10.2. The maximum atomic E-state index is 10.5. The number of anilines is 1. The maximum Gasteiger partial charge on any atom is 0.318 e. The molecule has 2 aromatic rings. The SMILES string of the molecule is NC(=O)Nc1cc2ccccc2o1. The van der Waals surface area contributed by atoms with Gasteiger partial charge in [-0.1, -0.05) is 18.2 Å². The molecule has 0 saturated heterocycles. The van der Waals surface area contributed by atoms with Gasteiger partial charge in [0.2, 0.25) is 5.88 Å². The average Bonchev–Trinajstić information content (AvgIpc) is 2.44. The van der Waals surface area contributed by atoms with Gasteiger partial charge in [0.1, 0.15) is 5.58 Å². The molecule has 66 valence electrons. The smallest absolute Gasteiger partial charge is 0.318 e. The van der Waals surface area contributed by atoms with Crippen LogP contribution in [0.4, 0.5) is 10.7 Å². The summed E-state index contributed by atoms with van der Waals surface area (Å²) >= 11 is 0. The van der Waals surface area contributed by atoms with Crippen LogP contribution in [-0.4, -0.2) is 6.03 Å². The number of nitrogens with two attached hydrogens (primary N) is 1. The van der Waals surface area contributed by atoms with Gasteiger partial charge in [-0.25, -0.2) is 4.79 Å². The Morgan fingerprint density at radius 2 is 2.15 bits per heavy atom. The van der Waals surface area contributed by atoms with Crippen molar-refractivity contribution in [2.24, 2.45) is 5.73 Å². The zero-order valence-corrected chi connectivity index (χ0v) is 6.78. The molecular formula is C9H8N2O2. The fourth-order valence-electron chi connectivity index (χ4n) is 1.16. The summed E-state index contributed by atoms with van der Waals surface area (Å²) in [5, 5.41) is 3.30. The first kappa shape index (κ1) is 7.67. The molecule has 0 fully saturated rings. The first-order valence-electron chi connectivity index (χ1n) is 3.81. The number of fused-ring (bicyclic) bond motifs is 1. The van der Waals surface area contributed by atoms with Gasteiger partial charge < -0.3 is 10.2 Å². The highest BCUT2D eigenvalue weighted by atomic mass is 16.4. The van der Waals surface area contributed by atoms with Gasteiger partial charge in [-0.3, -0.25) is 5.32 Å².